The van der Waals surface area contributed by atoms with Gasteiger partial charge in [-0.3, -0.25) is 20.2 Å². The maximum absolute atomic E-state index is 12.5. The summed E-state index contributed by atoms with van der Waals surface area (Å²) in [7, 11) is 0. The van der Waals surface area contributed by atoms with E-state index in [1.165, 1.54) is 6.07 Å². The molecule has 0 spiro atoms. The second-order valence-electron chi connectivity index (χ2n) is 6.44. The summed E-state index contributed by atoms with van der Waals surface area (Å²) in [6, 6.07) is 9.99. The number of rotatable bonds is 4. The molecule has 0 radical (unpaired) electrons. The molecule has 0 saturated carbocycles. The van der Waals surface area contributed by atoms with Crippen LogP contribution in [0.1, 0.15) is 57.3 Å². The van der Waals surface area contributed by atoms with Crippen molar-refractivity contribution >= 4 is 23.7 Å². The molecule has 2 heterocycles. The Balaban J connectivity index is 0.00000155. The molecule has 8 nitrogen and oxygen atoms in total. The van der Waals surface area contributed by atoms with Crippen LogP contribution in [0.5, 0.6) is 0 Å². The Kier molecular flexibility index (Phi) is 7.69. The van der Waals surface area contributed by atoms with E-state index in [-0.39, 0.29) is 11.9 Å². The highest BCUT2D eigenvalue weighted by Gasteiger charge is 2.13. The summed E-state index contributed by atoms with van der Waals surface area (Å²) in [5, 5.41) is 5.31. The van der Waals surface area contributed by atoms with Gasteiger partial charge in [-0.15, -0.1) is 0 Å². The van der Waals surface area contributed by atoms with Crippen molar-refractivity contribution < 1.29 is 9.59 Å². The first-order chi connectivity index (χ1) is 14.3. The average Bonchev–Trinajstić information content (AvgIpc) is 2.68. The Hall–Kier alpha value is -3.68. The van der Waals surface area contributed by atoms with Gasteiger partial charge in [-0.2, -0.15) is 0 Å². The van der Waals surface area contributed by atoms with Gasteiger partial charge in [-0.05, 0) is 58.0 Å². The van der Waals surface area contributed by atoms with Gasteiger partial charge in [0, 0.05) is 33.9 Å². The lowest BCUT2D eigenvalue weighted by atomic mass is 10.1. The Morgan fingerprint density at radius 3 is 1.30 bits per heavy atom. The molecule has 1 aromatic carbocycles. The van der Waals surface area contributed by atoms with Gasteiger partial charge in [0.2, 0.25) is 11.9 Å². The van der Waals surface area contributed by atoms with E-state index in [0.717, 1.165) is 22.8 Å². The van der Waals surface area contributed by atoms with E-state index in [1.54, 1.807) is 18.2 Å². The number of aryl methyl sites for hydroxylation is 4. The van der Waals surface area contributed by atoms with Crippen molar-refractivity contribution in [2.24, 2.45) is 0 Å². The van der Waals surface area contributed by atoms with Gasteiger partial charge in [0.05, 0.1) is 0 Å². The molecule has 0 fully saturated rings. The number of anilines is 2. The molecule has 0 aliphatic heterocycles. The summed E-state index contributed by atoms with van der Waals surface area (Å²) in [6.07, 6.45) is 0. The van der Waals surface area contributed by atoms with Crippen LogP contribution >= 0.6 is 0 Å². The zero-order chi connectivity index (χ0) is 22.3. The molecule has 0 aliphatic rings. The number of hydrogen-bond donors (Lipinski definition) is 2. The van der Waals surface area contributed by atoms with Gasteiger partial charge in [0.1, 0.15) is 0 Å². The largest absolute Gasteiger partial charge is 0.290 e. The highest BCUT2D eigenvalue weighted by atomic mass is 16.2. The second-order valence-corrected chi connectivity index (χ2v) is 6.44. The second kappa shape index (κ2) is 10.2. The zero-order valence-electron chi connectivity index (χ0n) is 18.1. The average molecular weight is 406 g/mol. The number of amides is 2. The maximum atomic E-state index is 12.5. The van der Waals surface area contributed by atoms with Crippen LogP contribution in [0.2, 0.25) is 0 Å². The van der Waals surface area contributed by atoms with Crippen molar-refractivity contribution in [3.63, 3.8) is 0 Å². The predicted molar refractivity (Wildman–Crippen MR) is 117 cm³/mol. The Morgan fingerprint density at radius 1 is 0.633 bits per heavy atom. The molecule has 3 aromatic rings. The molecular weight excluding hydrogens is 380 g/mol. The van der Waals surface area contributed by atoms with Gasteiger partial charge in [0.15, 0.2) is 0 Å². The number of benzene rings is 1. The van der Waals surface area contributed by atoms with E-state index in [4.69, 9.17) is 0 Å². The molecule has 0 bridgehead atoms. The van der Waals surface area contributed by atoms with Gasteiger partial charge >= 0.3 is 0 Å². The van der Waals surface area contributed by atoms with Crippen LogP contribution in [-0.4, -0.2) is 31.8 Å². The summed E-state index contributed by atoms with van der Waals surface area (Å²) in [5.41, 5.74) is 3.65. The minimum Gasteiger partial charge on any atom is -0.290 e. The normalized spacial score (nSPS) is 9.93. The predicted octanol–water partition coefficient (Wildman–Crippen LogP) is 4.03. The van der Waals surface area contributed by atoms with Crippen LogP contribution in [0.4, 0.5) is 11.9 Å². The number of hydrogen-bond acceptors (Lipinski definition) is 6. The quantitative estimate of drug-likeness (QED) is 0.677. The maximum Gasteiger partial charge on any atom is 0.258 e. The van der Waals surface area contributed by atoms with Crippen LogP contribution in [0.15, 0.2) is 36.4 Å². The Morgan fingerprint density at radius 2 is 0.967 bits per heavy atom. The first-order valence-electron chi connectivity index (χ1n) is 9.67. The third kappa shape index (κ3) is 6.16. The molecule has 0 aliphatic carbocycles. The molecule has 3 rings (SSSR count). The summed E-state index contributed by atoms with van der Waals surface area (Å²) < 4.78 is 0. The number of aromatic nitrogens is 4. The zero-order valence-corrected chi connectivity index (χ0v) is 18.1. The topological polar surface area (TPSA) is 110 Å². The minimum atomic E-state index is -0.401. The van der Waals surface area contributed by atoms with Crippen molar-refractivity contribution in [2.75, 3.05) is 10.6 Å². The molecular formula is C22H26N6O2. The van der Waals surface area contributed by atoms with Crippen molar-refractivity contribution in [2.45, 2.75) is 41.5 Å². The van der Waals surface area contributed by atoms with Crippen LogP contribution in [-0.2, 0) is 0 Å². The fourth-order valence-corrected chi connectivity index (χ4v) is 2.71. The fourth-order valence-electron chi connectivity index (χ4n) is 2.71. The van der Waals surface area contributed by atoms with Crippen LogP contribution < -0.4 is 10.6 Å². The summed E-state index contributed by atoms with van der Waals surface area (Å²) in [4.78, 5) is 41.8. The molecule has 2 aromatic heterocycles. The highest BCUT2D eigenvalue weighted by Crippen LogP contribution is 2.11. The van der Waals surface area contributed by atoms with Gasteiger partial charge in [0.25, 0.3) is 11.8 Å². The molecule has 0 unspecified atom stereocenters. The standard InChI is InChI=1S/C20H20N6O2.C2H6/c1-11-8-12(2)22-19(21-11)25-17(27)15-6-5-7-16(10-15)18(28)26-20-23-13(3)9-14(4)24-20;1-2/h5-10H,1-4H3,(H,21,22,25,27)(H,23,24,26,28);1-2H3. The molecule has 8 heteroatoms. The van der Waals surface area contributed by atoms with Crippen molar-refractivity contribution in [3.05, 3.63) is 70.3 Å². The third-order valence-corrected chi connectivity index (χ3v) is 3.80. The van der Waals surface area contributed by atoms with E-state index < -0.39 is 11.8 Å². The molecule has 0 saturated heterocycles. The van der Waals surface area contributed by atoms with E-state index >= 15 is 0 Å². The lowest BCUT2D eigenvalue weighted by Gasteiger charge is -2.08. The molecule has 2 N–H and O–H groups in total. The first kappa shape index (κ1) is 22.6. The highest BCUT2D eigenvalue weighted by molar-refractivity contribution is 6.07. The van der Waals surface area contributed by atoms with Crippen LogP contribution in [0.25, 0.3) is 0 Å². The summed E-state index contributed by atoms with van der Waals surface area (Å²) in [6.45, 7) is 11.3. The SMILES string of the molecule is CC.Cc1cc(C)nc(NC(=O)c2cccc(C(=O)Nc3nc(C)cc(C)n3)c2)n1. The third-order valence-electron chi connectivity index (χ3n) is 3.80. The molecule has 0 atom stereocenters. The fraction of sp³-hybridized carbons (Fsp3) is 0.273. The summed E-state index contributed by atoms with van der Waals surface area (Å²) >= 11 is 0. The molecule has 30 heavy (non-hydrogen) atoms. The first-order valence-corrected chi connectivity index (χ1v) is 9.67. The lowest BCUT2D eigenvalue weighted by Crippen LogP contribution is -2.18. The number of nitrogens with one attached hydrogen (secondary N) is 2. The number of carbonyl (C=O) groups excluding carboxylic acids is 2. The van der Waals surface area contributed by atoms with Crippen molar-refractivity contribution in [3.8, 4) is 0 Å². The van der Waals surface area contributed by atoms with E-state index in [0.29, 0.717) is 11.1 Å². The van der Waals surface area contributed by atoms with Crippen molar-refractivity contribution in [1.82, 2.24) is 19.9 Å². The number of nitrogens with zero attached hydrogens (tertiary/aromatic N) is 4. The van der Waals surface area contributed by atoms with Gasteiger partial charge in [-0.25, -0.2) is 19.9 Å². The van der Waals surface area contributed by atoms with Crippen LogP contribution in [0.3, 0.4) is 0 Å². The Bertz CT molecular complexity index is 944. The van der Waals surface area contributed by atoms with Crippen LogP contribution in [0, 0.1) is 27.7 Å². The molecule has 156 valence electrons. The van der Waals surface area contributed by atoms with Crippen molar-refractivity contribution in [1.29, 1.82) is 0 Å². The van der Waals surface area contributed by atoms with E-state index in [1.807, 2.05) is 53.7 Å². The van der Waals surface area contributed by atoms with E-state index in [2.05, 4.69) is 30.6 Å². The smallest absolute Gasteiger partial charge is 0.258 e. The number of carbonyl (C=O) groups is 2. The van der Waals surface area contributed by atoms with E-state index in [9.17, 15) is 9.59 Å². The summed E-state index contributed by atoms with van der Waals surface area (Å²) in [5.74, 6) is -0.355. The minimum absolute atomic E-state index is 0.223. The monoisotopic (exact) mass is 406 g/mol. The van der Waals surface area contributed by atoms with Gasteiger partial charge in [-0.1, -0.05) is 19.9 Å². The lowest BCUT2D eigenvalue weighted by molar-refractivity contribution is 0.102. The Labute approximate surface area is 176 Å². The molecule has 2 amide bonds. The van der Waals surface area contributed by atoms with Gasteiger partial charge < -0.3 is 0 Å².